The van der Waals surface area contributed by atoms with Gasteiger partial charge in [0.05, 0.1) is 31.1 Å². The van der Waals surface area contributed by atoms with Crippen molar-refractivity contribution in [3.8, 4) is 0 Å². The molecule has 3 rings (SSSR count). The Morgan fingerprint density at radius 3 is 2.48 bits per heavy atom. The highest BCUT2D eigenvalue weighted by Crippen LogP contribution is 2.26. The second-order valence-corrected chi connectivity index (χ2v) is 5.38. The van der Waals surface area contributed by atoms with Crippen molar-refractivity contribution in [3.63, 3.8) is 0 Å². The number of amides is 1. The summed E-state index contributed by atoms with van der Waals surface area (Å²) in [6, 6.07) is 17.5. The highest BCUT2D eigenvalue weighted by atomic mass is 16.5. The molecule has 1 saturated heterocycles. The number of nitrogens with zero attached hydrogens (tertiary/aromatic N) is 1. The second kappa shape index (κ2) is 7.65. The lowest BCUT2D eigenvalue weighted by molar-refractivity contribution is -0.114. The van der Waals surface area contributed by atoms with E-state index in [9.17, 15) is 4.79 Å². The number of morpholine rings is 1. The first-order chi connectivity index (χ1) is 11.3. The van der Waals surface area contributed by atoms with Gasteiger partial charge in [-0.05, 0) is 24.3 Å². The SMILES string of the molecule is O=C(CNc1ccccc1N1CCOCC1)Nc1ccccc1. The van der Waals surface area contributed by atoms with E-state index >= 15 is 0 Å². The molecule has 5 nitrogen and oxygen atoms in total. The van der Waals surface area contributed by atoms with Gasteiger partial charge >= 0.3 is 0 Å². The van der Waals surface area contributed by atoms with E-state index < -0.39 is 0 Å². The van der Waals surface area contributed by atoms with Crippen LogP contribution in [0.1, 0.15) is 0 Å². The molecule has 0 radical (unpaired) electrons. The van der Waals surface area contributed by atoms with Crippen LogP contribution in [0.4, 0.5) is 17.1 Å². The lowest BCUT2D eigenvalue weighted by atomic mass is 10.2. The fourth-order valence-corrected chi connectivity index (χ4v) is 2.61. The summed E-state index contributed by atoms with van der Waals surface area (Å²) in [5.41, 5.74) is 2.89. The van der Waals surface area contributed by atoms with E-state index in [1.165, 1.54) is 0 Å². The Balaban J connectivity index is 1.60. The Hall–Kier alpha value is -2.53. The Kier molecular flexibility index (Phi) is 5.11. The van der Waals surface area contributed by atoms with Crippen LogP contribution in [-0.4, -0.2) is 38.8 Å². The van der Waals surface area contributed by atoms with Gasteiger partial charge < -0.3 is 20.3 Å². The molecule has 0 atom stereocenters. The number of benzene rings is 2. The van der Waals surface area contributed by atoms with Crippen molar-refractivity contribution in [2.45, 2.75) is 0 Å². The molecule has 120 valence electrons. The average molecular weight is 311 g/mol. The summed E-state index contributed by atoms with van der Waals surface area (Å²) in [7, 11) is 0. The number of para-hydroxylation sites is 3. The number of ether oxygens (including phenoxy) is 1. The molecule has 0 saturated carbocycles. The van der Waals surface area contributed by atoms with Gasteiger partial charge in [-0.3, -0.25) is 4.79 Å². The summed E-state index contributed by atoms with van der Waals surface area (Å²) in [6.07, 6.45) is 0. The molecule has 2 aromatic rings. The van der Waals surface area contributed by atoms with Crippen molar-refractivity contribution in [2.24, 2.45) is 0 Å². The molecule has 2 N–H and O–H groups in total. The normalized spacial score (nSPS) is 14.3. The maximum Gasteiger partial charge on any atom is 0.243 e. The Morgan fingerprint density at radius 1 is 1.00 bits per heavy atom. The third-order valence-corrected chi connectivity index (χ3v) is 3.75. The summed E-state index contributed by atoms with van der Waals surface area (Å²) >= 11 is 0. The molecule has 1 aliphatic heterocycles. The molecule has 1 aliphatic rings. The fraction of sp³-hybridized carbons (Fsp3) is 0.278. The van der Waals surface area contributed by atoms with E-state index in [1.807, 2.05) is 48.5 Å². The van der Waals surface area contributed by atoms with Gasteiger partial charge in [0, 0.05) is 18.8 Å². The molecule has 0 aliphatic carbocycles. The number of hydrogen-bond donors (Lipinski definition) is 2. The lowest BCUT2D eigenvalue weighted by Gasteiger charge is -2.30. The van der Waals surface area contributed by atoms with Crippen molar-refractivity contribution in [1.82, 2.24) is 0 Å². The fourth-order valence-electron chi connectivity index (χ4n) is 2.61. The number of carbonyl (C=O) groups is 1. The standard InChI is InChI=1S/C18H21N3O2/c22-18(20-15-6-2-1-3-7-15)14-19-16-8-4-5-9-17(16)21-10-12-23-13-11-21/h1-9,19H,10-14H2,(H,20,22). The molecule has 1 fully saturated rings. The van der Waals surface area contributed by atoms with E-state index in [-0.39, 0.29) is 12.5 Å². The minimum atomic E-state index is -0.0621. The first-order valence-corrected chi connectivity index (χ1v) is 7.83. The highest BCUT2D eigenvalue weighted by Gasteiger charge is 2.14. The maximum absolute atomic E-state index is 12.1. The van der Waals surface area contributed by atoms with Crippen molar-refractivity contribution < 1.29 is 9.53 Å². The zero-order valence-electron chi connectivity index (χ0n) is 13.0. The molecule has 5 heteroatoms. The van der Waals surface area contributed by atoms with Gasteiger partial charge in [-0.2, -0.15) is 0 Å². The summed E-state index contributed by atoms with van der Waals surface area (Å²) in [5.74, 6) is -0.0621. The molecule has 0 spiro atoms. The van der Waals surface area contributed by atoms with Gasteiger partial charge in [0.2, 0.25) is 5.91 Å². The van der Waals surface area contributed by atoms with Gasteiger partial charge in [0.1, 0.15) is 0 Å². The summed E-state index contributed by atoms with van der Waals surface area (Å²) in [5, 5.41) is 6.11. The van der Waals surface area contributed by atoms with E-state index in [0.717, 1.165) is 43.4 Å². The van der Waals surface area contributed by atoms with Gasteiger partial charge in [0.25, 0.3) is 0 Å². The second-order valence-electron chi connectivity index (χ2n) is 5.38. The zero-order chi connectivity index (χ0) is 15.9. The van der Waals surface area contributed by atoms with E-state index in [1.54, 1.807) is 0 Å². The van der Waals surface area contributed by atoms with Gasteiger partial charge in [0.15, 0.2) is 0 Å². The van der Waals surface area contributed by atoms with Crippen LogP contribution < -0.4 is 15.5 Å². The summed E-state index contributed by atoms with van der Waals surface area (Å²) in [6.45, 7) is 3.45. The Bertz CT molecular complexity index is 640. The first kappa shape index (κ1) is 15.4. The lowest BCUT2D eigenvalue weighted by Crippen LogP contribution is -2.36. The zero-order valence-corrected chi connectivity index (χ0v) is 13.0. The van der Waals surface area contributed by atoms with Crippen LogP contribution in [0.3, 0.4) is 0 Å². The largest absolute Gasteiger partial charge is 0.378 e. The van der Waals surface area contributed by atoms with E-state index in [2.05, 4.69) is 21.6 Å². The molecular weight excluding hydrogens is 290 g/mol. The first-order valence-electron chi connectivity index (χ1n) is 7.83. The number of carbonyl (C=O) groups excluding carboxylic acids is 1. The smallest absolute Gasteiger partial charge is 0.243 e. The van der Waals surface area contributed by atoms with Crippen molar-refractivity contribution in [3.05, 3.63) is 54.6 Å². The topological polar surface area (TPSA) is 53.6 Å². The van der Waals surface area contributed by atoms with Gasteiger partial charge in [-0.25, -0.2) is 0 Å². The third-order valence-electron chi connectivity index (χ3n) is 3.75. The van der Waals surface area contributed by atoms with E-state index in [4.69, 9.17) is 4.74 Å². The summed E-state index contributed by atoms with van der Waals surface area (Å²) in [4.78, 5) is 14.3. The number of nitrogens with one attached hydrogen (secondary N) is 2. The van der Waals surface area contributed by atoms with Crippen LogP contribution in [0.25, 0.3) is 0 Å². The molecule has 1 heterocycles. The van der Waals surface area contributed by atoms with Crippen LogP contribution in [0.5, 0.6) is 0 Å². The number of anilines is 3. The number of hydrogen-bond acceptors (Lipinski definition) is 4. The monoisotopic (exact) mass is 311 g/mol. The highest BCUT2D eigenvalue weighted by molar-refractivity contribution is 5.94. The summed E-state index contributed by atoms with van der Waals surface area (Å²) < 4.78 is 5.40. The molecule has 2 aromatic carbocycles. The average Bonchev–Trinajstić information content (AvgIpc) is 2.62. The molecule has 0 bridgehead atoms. The Labute approximate surface area is 136 Å². The minimum absolute atomic E-state index is 0.0621. The predicted molar refractivity (Wildman–Crippen MR) is 93.0 cm³/mol. The maximum atomic E-state index is 12.1. The molecule has 1 amide bonds. The molecular formula is C18H21N3O2. The predicted octanol–water partition coefficient (Wildman–Crippen LogP) is 2.57. The van der Waals surface area contributed by atoms with Crippen molar-refractivity contribution >= 4 is 23.0 Å². The third kappa shape index (κ3) is 4.23. The van der Waals surface area contributed by atoms with Crippen LogP contribution in [0, 0.1) is 0 Å². The molecule has 0 aromatic heterocycles. The van der Waals surface area contributed by atoms with Crippen molar-refractivity contribution in [2.75, 3.05) is 48.4 Å². The van der Waals surface area contributed by atoms with Crippen LogP contribution in [0.15, 0.2) is 54.6 Å². The minimum Gasteiger partial charge on any atom is -0.378 e. The molecule has 0 unspecified atom stereocenters. The van der Waals surface area contributed by atoms with Crippen LogP contribution >= 0.6 is 0 Å². The van der Waals surface area contributed by atoms with Gasteiger partial charge in [-0.1, -0.05) is 30.3 Å². The van der Waals surface area contributed by atoms with Crippen LogP contribution in [0.2, 0.25) is 0 Å². The number of rotatable bonds is 5. The van der Waals surface area contributed by atoms with Crippen molar-refractivity contribution in [1.29, 1.82) is 0 Å². The Morgan fingerprint density at radius 2 is 1.70 bits per heavy atom. The van der Waals surface area contributed by atoms with E-state index in [0.29, 0.717) is 0 Å². The van der Waals surface area contributed by atoms with Gasteiger partial charge in [-0.15, -0.1) is 0 Å². The van der Waals surface area contributed by atoms with Crippen LogP contribution in [-0.2, 0) is 9.53 Å². The quantitative estimate of drug-likeness (QED) is 0.891. The molecule has 23 heavy (non-hydrogen) atoms.